The zero-order valence-electron chi connectivity index (χ0n) is 18.0. The first-order chi connectivity index (χ1) is 16.7. The highest BCUT2D eigenvalue weighted by molar-refractivity contribution is 5.45. The van der Waals surface area contributed by atoms with Gasteiger partial charge < -0.3 is 14.2 Å². The van der Waals surface area contributed by atoms with Crippen LogP contribution in [0.25, 0.3) is 0 Å². The molecule has 1 heterocycles. The lowest BCUT2D eigenvalue weighted by Crippen LogP contribution is -2.04. The Labute approximate surface area is 196 Å². The normalized spacial score (nSPS) is 10.3. The van der Waals surface area contributed by atoms with Crippen LogP contribution in [0.5, 0.6) is 17.4 Å². The average Bonchev–Trinajstić information content (AvgIpc) is 2.87. The van der Waals surface area contributed by atoms with Crippen molar-refractivity contribution in [2.75, 3.05) is 0 Å². The van der Waals surface area contributed by atoms with E-state index in [-0.39, 0.29) is 11.6 Å². The van der Waals surface area contributed by atoms with E-state index < -0.39 is 6.61 Å². The van der Waals surface area contributed by atoms with E-state index in [0.29, 0.717) is 30.2 Å². The van der Waals surface area contributed by atoms with E-state index in [1.807, 2.05) is 60.7 Å². The van der Waals surface area contributed by atoms with E-state index in [1.54, 1.807) is 18.2 Å². The van der Waals surface area contributed by atoms with E-state index in [4.69, 9.17) is 9.47 Å². The highest BCUT2D eigenvalue weighted by Crippen LogP contribution is 2.26. The van der Waals surface area contributed by atoms with Gasteiger partial charge in [-0.25, -0.2) is 0 Å². The van der Waals surface area contributed by atoms with Gasteiger partial charge in [0.05, 0.1) is 0 Å². The Balaban J connectivity index is 1.52. The minimum atomic E-state index is -2.87. The molecule has 0 aliphatic rings. The largest absolute Gasteiger partial charge is 0.483 e. The standard InChI is InChI=1S/C27H20F2N2O3/c28-27(29)34-24-15-12-20(13-16-24)11-14-23-17-25(32-18-21-7-3-1-4-8-21)26(31-30-23)33-19-22-9-5-2-6-10-22/h1-10,12-13,15-17,27H,18-19H2. The zero-order chi connectivity index (χ0) is 23.6. The zero-order valence-corrected chi connectivity index (χ0v) is 18.0. The fraction of sp³-hybridized carbons (Fsp3) is 0.111. The van der Waals surface area contributed by atoms with Crippen molar-refractivity contribution in [3.05, 3.63) is 113 Å². The smallest absolute Gasteiger partial charge is 0.387 e. The first kappa shape index (κ1) is 22.7. The van der Waals surface area contributed by atoms with Crippen LogP contribution in [-0.2, 0) is 13.2 Å². The third-order valence-corrected chi connectivity index (χ3v) is 4.60. The average molecular weight is 458 g/mol. The summed E-state index contributed by atoms with van der Waals surface area (Å²) in [4.78, 5) is 0. The van der Waals surface area contributed by atoms with Gasteiger partial charge in [0.15, 0.2) is 5.75 Å². The fourth-order valence-electron chi connectivity index (χ4n) is 2.94. The summed E-state index contributed by atoms with van der Waals surface area (Å²) in [5.74, 6) is 6.59. The van der Waals surface area contributed by atoms with Gasteiger partial charge in [0.1, 0.15) is 24.7 Å². The summed E-state index contributed by atoms with van der Waals surface area (Å²) in [5.41, 5.74) is 2.97. The molecule has 0 bridgehead atoms. The van der Waals surface area contributed by atoms with Crippen molar-refractivity contribution >= 4 is 0 Å². The van der Waals surface area contributed by atoms with Gasteiger partial charge in [-0.3, -0.25) is 0 Å². The summed E-state index contributed by atoms with van der Waals surface area (Å²) >= 11 is 0. The lowest BCUT2D eigenvalue weighted by molar-refractivity contribution is -0.0498. The summed E-state index contributed by atoms with van der Waals surface area (Å²) in [6, 6.07) is 27.1. The molecule has 3 aromatic carbocycles. The molecule has 34 heavy (non-hydrogen) atoms. The maximum atomic E-state index is 12.3. The minimum absolute atomic E-state index is 0.0665. The molecule has 4 rings (SSSR count). The number of ether oxygens (including phenoxy) is 3. The molecule has 1 aromatic heterocycles. The Morgan fingerprint density at radius 1 is 0.706 bits per heavy atom. The SMILES string of the molecule is FC(F)Oc1ccc(C#Cc2cc(OCc3ccccc3)c(OCc3ccccc3)nn2)cc1. The number of aromatic nitrogens is 2. The maximum absolute atomic E-state index is 12.3. The number of alkyl halides is 2. The molecule has 0 N–H and O–H groups in total. The molecule has 0 spiro atoms. The predicted molar refractivity (Wildman–Crippen MR) is 123 cm³/mol. The van der Waals surface area contributed by atoms with Gasteiger partial charge >= 0.3 is 6.61 Å². The molecule has 170 valence electrons. The molecule has 0 fully saturated rings. The molecule has 0 atom stereocenters. The molecule has 0 amide bonds. The Kier molecular flexibility index (Phi) is 7.65. The molecular formula is C27H20F2N2O3. The van der Waals surface area contributed by atoms with Crippen molar-refractivity contribution in [3.8, 4) is 29.2 Å². The maximum Gasteiger partial charge on any atom is 0.387 e. The van der Waals surface area contributed by atoms with Gasteiger partial charge in [0, 0.05) is 11.6 Å². The molecule has 0 saturated heterocycles. The third-order valence-electron chi connectivity index (χ3n) is 4.60. The van der Waals surface area contributed by atoms with Crippen LogP contribution in [0.4, 0.5) is 8.78 Å². The highest BCUT2D eigenvalue weighted by atomic mass is 19.3. The second-order valence-corrected chi connectivity index (χ2v) is 7.10. The number of halogens is 2. The Bertz CT molecular complexity index is 1260. The molecule has 0 unspecified atom stereocenters. The van der Waals surface area contributed by atoms with Gasteiger partial charge in [-0.05, 0) is 41.3 Å². The van der Waals surface area contributed by atoms with Crippen molar-refractivity contribution in [3.63, 3.8) is 0 Å². The predicted octanol–water partition coefficient (Wildman–Crippen LogP) is 5.64. The van der Waals surface area contributed by atoms with Crippen molar-refractivity contribution < 1.29 is 23.0 Å². The quantitative estimate of drug-likeness (QED) is 0.320. The molecule has 0 radical (unpaired) electrons. The van der Waals surface area contributed by atoms with E-state index in [9.17, 15) is 8.78 Å². The molecule has 0 aliphatic heterocycles. The lowest BCUT2D eigenvalue weighted by atomic mass is 10.2. The van der Waals surface area contributed by atoms with Gasteiger partial charge in [0.25, 0.3) is 5.88 Å². The number of hydrogen-bond donors (Lipinski definition) is 0. The number of rotatable bonds is 8. The molecule has 7 heteroatoms. The minimum Gasteiger partial charge on any atom is -0.483 e. The van der Waals surface area contributed by atoms with E-state index in [2.05, 4.69) is 26.8 Å². The van der Waals surface area contributed by atoms with E-state index >= 15 is 0 Å². The van der Waals surface area contributed by atoms with Crippen LogP contribution in [-0.4, -0.2) is 16.8 Å². The van der Waals surface area contributed by atoms with E-state index in [1.165, 1.54) is 12.1 Å². The highest BCUT2D eigenvalue weighted by Gasteiger charge is 2.11. The van der Waals surface area contributed by atoms with Crippen LogP contribution < -0.4 is 14.2 Å². The molecular weight excluding hydrogens is 438 g/mol. The van der Waals surface area contributed by atoms with Crippen LogP contribution in [0.1, 0.15) is 22.4 Å². The van der Waals surface area contributed by atoms with Crippen LogP contribution in [0, 0.1) is 11.8 Å². The van der Waals surface area contributed by atoms with Gasteiger partial charge in [0.2, 0.25) is 0 Å². The lowest BCUT2D eigenvalue weighted by Gasteiger charge is -2.11. The summed E-state index contributed by atoms with van der Waals surface area (Å²) in [6.45, 7) is -2.23. The van der Waals surface area contributed by atoms with Crippen LogP contribution >= 0.6 is 0 Å². The van der Waals surface area contributed by atoms with Crippen molar-refractivity contribution in [2.45, 2.75) is 19.8 Å². The van der Waals surface area contributed by atoms with Crippen LogP contribution in [0.15, 0.2) is 91.0 Å². The number of nitrogens with zero attached hydrogens (tertiary/aromatic N) is 2. The van der Waals surface area contributed by atoms with Gasteiger partial charge in [-0.15, -0.1) is 10.2 Å². The topological polar surface area (TPSA) is 53.5 Å². The van der Waals surface area contributed by atoms with Crippen LogP contribution in [0.2, 0.25) is 0 Å². The summed E-state index contributed by atoms with van der Waals surface area (Å²) in [7, 11) is 0. The monoisotopic (exact) mass is 458 g/mol. The van der Waals surface area contributed by atoms with Crippen molar-refractivity contribution in [1.82, 2.24) is 10.2 Å². The molecule has 4 aromatic rings. The summed E-state index contributed by atoms with van der Waals surface area (Å²) < 4.78 is 40.8. The van der Waals surface area contributed by atoms with E-state index in [0.717, 1.165) is 11.1 Å². The molecule has 0 aliphatic carbocycles. The third kappa shape index (κ3) is 6.78. The fourth-order valence-corrected chi connectivity index (χ4v) is 2.94. The second kappa shape index (κ2) is 11.4. The Morgan fingerprint density at radius 2 is 1.32 bits per heavy atom. The summed E-state index contributed by atoms with van der Waals surface area (Å²) in [6.07, 6.45) is 0. The van der Waals surface area contributed by atoms with Gasteiger partial charge in [-0.2, -0.15) is 8.78 Å². The number of hydrogen-bond acceptors (Lipinski definition) is 5. The van der Waals surface area contributed by atoms with Crippen molar-refractivity contribution in [1.29, 1.82) is 0 Å². The number of benzene rings is 3. The summed E-state index contributed by atoms with van der Waals surface area (Å²) in [5, 5.41) is 8.29. The van der Waals surface area contributed by atoms with Crippen molar-refractivity contribution in [2.24, 2.45) is 0 Å². The second-order valence-electron chi connectivity index (χ2n) is 7.10. The first-order valence-electron chi connectivity index (χ1n) is 10.4. The van der Waals surface area contributed by atoms with Gasteiger partial charge in [-0.1, -0.05) is 66.6 Å². The Morgan fingerprint density at radius 3 is 1.94 bits per heavy atom. The van der Waals surface area contributed by atoms with Crippen LogP contribution in [0.3, 0.4) is 0 Å². The molecule has 5 nitrogen and oxygen atoms in total. The molecule has 0 saturated carbocycles. The Hall–Kier alpha value is -4.44. The first-order valence-corrected chi connectivity index (χ1v) is 10.4.